The van der Waals surface area contributed by atoms with Gasteiger partial charge < -0.3 is 9.53 Å². The maximum atomic E-state index is 12.3. The maximum absolute atomic E-state index is 12.3. The van der Waals surface area contributed by atoms with Crippen molar-refractivity contribution in [1.29, 1.82) is 0 Å². The summed E-state index contributed by atoms with van der Waals surface area (Å²) < 4.78 is 41.1. The second-order valence-corrected chi connectivity index (χ2v) is 3.59. The number of hydrogen-bond donors (Lipinski definition) is 0. The minimum atomic E-state index is -4.54. The summed E-state index contributed by atoms with van der Waals surface area (Å²) in [5.74, 6) is -1.01. The topological polar surface area (TPSA) is 43.4 Å². The molecule has 0 heterocycles. The number of rotatable bonds is 6. The third-order valence-corrected chi connectivity index (χ3v) is 1.92. The number of ether oxygens (including phenoxy) is 1. The quantitative estimate of drug-likeness (QED) is 0.529. The SMILES string of the molecule is CC(=O)CCCCC(OC(C)=O)C(F)(F)F. The summed E-state index contributed by atoms with van der Waals surface area (Å²) in [6.45, 7) is 2.32. The molecule has 0 saturated carbocycles. The molecule has 16 heavy (non-hydrogen) atoms. The van der Waals surface area contributed by atoms with Gasteiger partial charge in [-0.3, -0.25) is 4.79 Å². The molecule has 0 fully saturated rings. The normalized spacial score (nSPS) is 13.3. The maximum Gasteiger partial charge on any atom is 0.425 e. The number of carbonyl (C=O) groups is 2. The van der Waals surface area contributed by atoms with Crippen LogP contribution in [-0.2, 0) is 14.3 Å². The first-order valence-corrected chi connectivity index (χ1v) is 4.97. The predicted octanol–water partition coefficient (Wildman–Crippen LogP) is 2.63. The van der Waals surface area contributed by atoms with Crippen molar-refractivity contribution in [2.45, 2.75) is 51.8 Å². The number of unbranched alkanes of at least 4 members (excludes halogenated alkanes) is 1. The van der Waals surface area contributed by atoms with E-state index in [1.165, 1.54) is 6.92 Å². The molecular formula is C10H15F3O3. The van der Waals surface area contributed by atoms with Gasteiger partial charge in [0.1, 0.15) is 5.78 Å². The van der Waals surface area contributed by atoms with Crippen molar-refractivity contribution in [2.75, 3.05) is 0 Å². The Bertz CT molecular complexity index is 248. The molecule has 0 rings (SSSR count). The Kier molecular flexibility index (Phi) is 6.06. The Morgan fingerprint density at radius 2 is 1.75 bits per heavy atom. The Morgan fingerprint density at radius 3 is 2.12 bits per heavy atom. The van der Waals surface area contributed by atoms with Gasteiger partial charge in [0.25, 0.3) is 0 Å². The van der Waals surface area contributed by atoms with Gasteiger partial charge in [-0.05, 0) is 26.2 Å². The summed E-state index contributed by atoms with van der Waals surface area (Å²) in [5.41, 5.74) is 0. The Balaban J connectivity index is 4.03. The molecule has 0 radical (unpaired) electrons. The van der Waals surface area contributed by atoms with Crippen LogP contribution in [0.25, 0.3) is 0 Å². The van der Waals surface area contributed by atoms with Crippen molar-refractivity contribution in [3.05, 3.63) is 0 Å². The fourth-order valence-electron chi connectivity index (χ4n) is 1.19. The zero-order valence-corrected chi connectivity index (χ0v) is 9.26. The van der Waals surface area contributed by atoms with E-state index >= 15 is 0 Å². The lowest BCUT2D eigenvalue weighted by Crippen LogP contribution is -2.33. The first-order chi connectivity index (χ1) is 7.23. The summed E-state index contributed by atoms with van der Waals surface area (Å²) >= 11 is 0. The second kappa shape index (κ2) is 6.50. The molecule has 0 aromatic rings. The van der Waals surface area contributed by atoms with Crippen LogP contribution >= 0.6 is 0 Å². The number of carbonyl (C=O) groups excluding carboxylic acids is 2. The second-order valence-electron chi connectivity index (χ2n) is 3.59. The van der Waals surface area contributed by atoms with Crippen molar-refractivity contribution >= 4 is 11.8 Å². The smallest absolute Gasteiger partial charge is 0.425 e. The van der Waals surface area contributed by atoms with E-state index in [1.807, 2.05) is 0 Å². The Labute approximate surface area is 92.0 Å². The van der Waals surface area contributed by atoms with Gasteiger partial charge >= 0.3 is 12.1 Å². The molecule has 0 bridgehead atoms. The highest BCUT2D eigenvalue weighted by atomic mass is 19.4. The van der Waals surface area contributed by atoms with E-state index in [0.717, 1.165) is 6.92 Å². The minimum Gasteiger partial charge on any atom is -0.453 e. The molecule has 6 heteroatoms. The molecule has 0 amide bonds. The van der Waals surface area contributed by atoms with Crippen molar-refractivity contribution in [1.82, 2.24) is 0 Å². The van der Waals surface area contributed by atoms with E-state index in [-0.39, 0.29) is 25.0 Å². The summed E-state index contributed by atoms with van der Waals surface area (Å²) in [7, 11) is 0. The lowest BCUT2D eigenvalue weighted by molar-refractivity contribution is -0.221. The summed E-state index contributed by atoms with van der Waals surface area (Å²) in [5, 5.41) is 0. The highest BCUT2D eigenvalue weighted by Crippen LogP contribution is 2.27. The van der Waals surface area contributed by atoms with Crippen molar-refractivity contribution < 1.29 is 27.5 Å². The lowest BCUT2D eigenvalue weighted by atomic mass is 10.1. The van der Waals surface area contributed by atoms with Crippen LogP contribution in [0.3, 0.4) is 0 Å². The van der Waals surface area contributed by atoms with E-state index in [1.54, 1.807) is 0 Å². The van der Waals surface area contributed by atoms with E-state index in [0.29, 0.717) is 6.42 Å². The number of ketones is 1. The average Bonchev–Trinajstić information content (AvgIpc) is 2.07. The molecule has 1 atom stereocenters. The summed E-state index contributed by atoms with van der Waals surface area (Å²) in [6.07, 6.45) is -6.06. The zero-order chi connectivity index (χ0) is 12.8. The molecule has 0 aliphatic rings. The fourth-order valence-corrected chi connectivity index (χ4v) is 1.19. The number of alkyl halides is 3. The summed E-state index contributed by atoms with van der Waals surface area (Å²) in [4.78, 5) is 21.0. The van der Waals surface area contributed by atoms with Gasteiger partial charge in [0, 0.05) is 13.3 Å². The summed E-state index contributed by atoms with van der Waals surface area (Å²) in [6, 6.07) is 0. The number of Topliss-reactive ketones (excluding diaryl/α,β-unsaturated/α-hetero) is 1. The molecule has 1 unspecified atom stereocenters. The number of esters is 1. The van der Waals surface area contributed by atoms with Crippen LogP contribution in [0.5, 0.6) is 0 Å². The fraction of sp³-hybridized carbons (Fsp3) is 0.800. The van der Waals surface area contributed by atoms with Crippen molar-refractivity contribution in [3.63, 3.8) is 0 Å². The molecule has 0 spiro atoms. The standard InChI is InChI=1S/C10H15F3O3/c1-7(14)5-3-4-6-9(10(11,12)13)16-8(2)15/h9H,3-6H2,1-2H3. The number of hydrogen-bond acceptors (Lipinski definition) is 3. The van der Waals surface area contributed by atoms with Gasteiger partial charge in [-0.15, -0.1) is 0 Å². The van der Waals surface area contributed by atoms with Gasteiger partial charge in [-0.2, -0.15) is 13.2 Å². The molecular weight excluding hydrogens is 225 g/mol. The molecule has 94 valence electrons. The molecule has 3 nitrogen and oxygen atoms in total. The molecule has 0 aromatic heterocycles. The monoisotopic (exact) mass is 240 g/mol. The zero-order valence-electron chi connectivity index (χ0n) is 9.26. The van der Waals surface area contributed by atoms with E-state index in [9.17, 15) is 22.8 Å². The first kappa shape index (κ1) is 14.9. The van der Waals surface area contributed by atoms with Crippen LogP contribution in [0.4, 0.5) is 13.2 Å². The molecule has 0 saturated heterocycles. The van der Waals surface area contributed by atoms with Gasteiger partial charge in [0.05, 0.1) is 0 Å². The van der Waals surface area contributed by atoms with Crippen LogP contribution in [0.1, 0.15) is 39.5 Å². The predicted molar refractivity (Wildman–Crippen MR) is 50.8 cm³/mol. The van der Waals surface area contributed by atoms with Crippen LogP contribution in [0.2, 0.25) is 0 Å². The van der Waals surface area contributed by atoms with Gasteiger partial charge in [0.15, 0.2) is 6.10 Å². The average molecular weight is 240 g/mol. The van der Waals surface area contributed by atoms with Crippen molar-refractivity contribution in [3.8, 4) is 0 Å². The van der Waals surface area contributed by atoms with Gasteiger partial charge in [-0.1, -0.05) is 0 Å². The first-order valence-electron chi connectivity index (χ1n) is 4.97. The largest absolute Gasteiger partial charge is 0.453 e. The Morgan fingerprint density at radius 1 is 1.19 bits per heavy atom. The lowest BCUT2D eigenvalue weighted by Gasteiger charge is -2.19. The van der Waals surface area contributed by atoms with Crippen LogP contribution in [0, 0.1) is 0 Å². The molecule has 0 N–H and O–H groups in total. The van der Waals surface area contributed by atoms with Crippen LogP contribution in [-0.4, -0.2) is 24.0 Å². The number of halogens is 3. The van der Waals surface area contributed by atoms with Crippen molar-refractivity contribution in [2.24, 2.45) is 0 Å². The van der Waals surface area contributed by atoms with Gasteiger partial charge in [-0.25, -0.2) is 0 Å². The van der Waals surface area contributed by atoms with E-state index < -0.39 is 18.2 Å². The highest BCUT2D eigenvalue weighted by Gasteiger charge is 2.41. The minimum absolute atomic E-state index is 0.0592. The molecule has 0 aliphatic heterocycles. The van der Waals surface area contributed by atoms with Crippen LogP contribution in [0.15, 0.2) is 0 Å². The third-order valence-electron chi connectivity index (χ3n) is 1.92. The van der Waals surface area contributed by atoms with E-state index in [2.05, 4.69) is 4.74 Å². The third kappa shape index (κ3) is 7.25. The highest BCUT2D eigenvalue weighted by molar-refractivity contribution is 5.75. The Hall–Kier alpha value is -1.07. The molecule has 0 aromatic carbocycles. The van der Waals surface area contributed by atoms with Crippen LogP contribution < -0.4 is 0 Å². The van der Waals surface area contributed by atoms with Gasteiger partial charge in [0.2, 0.25) is 0 Å². The molecule has 0 aliphatic carbocycles. The van der Waals surface area contributed by atoms with E-state index in [4.69, 9.17) is 0 Å².